The zero-order chi connectivity index (χ0) is 12.0. The summed E-state index contributed by atoms with van der Waals surface area (Å²) in [7, 11) is 0. The van der Waals surface area contributed by atoms with Crippen LogP contribution < -0.4 is 0 Å². The van der Waals surface area contributed by atoms with E-state index in [2.05, 4.69) is 11.9 Å². The maximum absolute atomic E-state index is 11.2. The van der Waals surface area contributed by atoms with Crippen molar-refractivity contribution in [2.75, 3.05) is 0 Å². The first-order valence-corrected chi connectivity index (χ1v) is 5.85. The van der Waals surface area contributed by atoms with E-state index in [-0.39, 0.29) is 0 Å². The largest absolute Gasteiger partial charge is 0.478 e. The molecule has 1 N–H and O–H groups in total. The second kappa shape index (κ2) is 3.58. The lowest BCUT2D eigenvalue weighted by atomic mass is 9.81. The Labute approximate surface area is 98.9 Å². The Morgan fingerprint density at radius 1 is 1.47 bits per heavy atom. The van der Waals surface area contributed by atoms with Crippen molar-refractivity contribution in [1.29, 1.82) is 0 Å². The van der Waals surface area contributed by atoms with Crippen molar-refractivity contribution >= 4 is 17.0 Å². The van der Waals surface area contributed by atoms with Gasteiger partial charge in [-0.1, -0.05) is 13.0 Å². The minimum atomic E-state index is -0.885. The van der Waals surface area contributed by atoms with Gasteiger partial charge in [-0.25, -0.2) is 9.78 Å². The van der Waals surface area contributed by atoms with Crippen molar-refractivity contribution < 1.29 is 9.90 Å². The summed E-state index contributed by atoms with van der Waals surface area (Å²) < 4.78 is 2.03. The molecule has 2 aromatic rings. The summed E-state index contributed by atoms with van der Waals surface area (Å²) in [6, 6.07) is 5.66. The number of aromatic nitrogens is 2. The molecule has 1 saturated carbocycles. The third-order valence-corrected chi connectivity index (χ3v) is 3.57. The van der Waals surface area contributed by atoms with E-state index in [4.69, 9.17) is 0 Å². The van der Waals surface area contributed by atoms with E-state index < -0.39 is 5.97 Å². The van der Waals surface area contributed by atoms with Crippen LogP contribution in [0.15, 0.2) is 24.5 Å². The number of carboxylic acids is 1. The highest BCUT2D eigenvalue weighted by atomic mass is 16.4. The number of aromatic carboxylic acids is 1. The SMILES string of the molecule is CC1CC(n2cnc3cccc(C(=O)O)c32)C1. The number of benzene rings is 1. The second-order valence-corrected chi connectivity index (χ2v) is 4.86. The number of hydrogen-bond acceptors (Lipinski definition) is 2. The van der Waals surface area contributed by atoms with Crippen LogP contribution in [0.1, 0.15) is 36.2 Å². The summed E-state index contributed by atoms with van der Waals surface area (Å²) >= 11 is 0. The third kappa shape index (κ3) is 1.52. The van der Waals surface area contributed by atoms with E-state index in [1.54, 1.807) is 18.5 Å². The lowest BCUT2D eigenvalue weighted by Crippen LogP contribution is -2.24. The summed E-state index contributed by atoms with van der Waals surface area (Å²) in [6.45, 7) is 2.22. The molecule has 1 aliphatic carbocycles. The second-order valence-electron chi connectivity index (χ2n) is 4.86. The summed E-state index contributed by atoms with van der Waals surface area (Å²) in [5, 5.41) is 9.21. The summed E-state index contributed by atoms with van der Waals surface area (Å²) in [5.74, 6) is -0.154. The van der Waals surface area contributed by atoms with Crippen LogP contribution >= 0.6 is 0 Å². The number of rotatable bonds is 2. The van der Waals surface area contributed by atoms with E-state index in [1.807, 2.05) is 10.6 Å². The lowest BCUT2D eigenvalue weighted by Gasteiger charge is -2.34. The van der Waals surface area contributed by atoms with Gasteiger partial charge < -0.3 is 9.67 Å². The number of fused-ring (bicyclic) bond motifs is 1. The van der Waals surface area contributed by atoms with Gasteiger partial charge in [-0.2, -0.15) is 0 Å². The molecule has 4 heteroatoms. The summed E-state index contributed by atoms with van der Waals surface area (Å²) in [4.78, 5) is 15.5. The van der Waals surface area contributed by atoms with E-state index >= 15 is 0 Å². The highest BCUT2D eigenvalue weighted by molar-refractivity contribution is 6.01. The molecule has 3 rings (SSSR count). The molecule has 0 radical (unpaired) electrons. The number of hydrogen-bond donors (Lipinski definition) is 1. The van der Waals surface area contributed by atoms with E-state index in [1.165, 1.54) is 0 Å². The molecule has 1 aromatic carbocycles. The molecule has 1 heterocycles. The first-order valence-electron chi connectivity index (χ1n) is 5.85. The van der Waals surface area contributed by atoms with Crippen LogP contribution in [0, 0.1) is 5.92 Å². The first kappa shape index (κ1) is 10.3. The maximum atomic E-state index is 11.2. The molecule has 0 unspecified atom stereocenters. The lowest BCUT2D eigenvalue weighted by molar-refractivity contribution is 0.0698. The molecule has 4 nitrogen and oxygen atoms in total. The predicted molar refractivity (Wildman–Crippen MR) is 64.1 cm³/mol. The van der Waals surface area contributed by atoms with Crippen LogP contribution in [0.5, 0.6) is 0 Å². The fraction of sp³-hybridized carbons (Fsp3) is 0.385. The van der Waals surface area contributed by atoms with Crippen LogP contribution in [0.4, 0.5) is 0 Å². The molecule has 88 valence electrons. The maximum Gasteiger partial charge on any atom is 0.337 e. The molecule has 0 aliphatic heterocycles. The average molecular weight is 230 g/mol. The van der Waals surface area contributed by atoms with E-state index in [0.29, 0.717) is 11.6 Å². The molecule has 17 heavy (non-hydrogen) atoms. The molecular weight excluding hydrogens is 216 g/mol. The Balaban J connectivity index is 2.16. The van der Waals surface area contributed by atoms with E-state index in [0.717, 1.165) is 29.8 Å². The van der Waals surface area contributed by atoms with Crippen molar-refractivity contribution in [2.45, 2.75) is 25.8 Å². The van der Waals surface area contributed by atoms with E-state index in [9.17, 15) is 9.90 Å². The Morgan fingerprint density at radius 3 is 2.88 bits per heavy atom. The van der Waals surface area contributed by atoms with Crippen LogP contribution in [-0.2, 0) is 0 Å². The molecule has 0 spiro atoms. The predicted octanol–water partition coefficient (Wildman–Crippen LogP) is 2.71. The normalized spacial score (nSPS) is 23.6. The zero-order valence-corrected chi connectivity index (χ0v) is 9.63. The minimum absolute atomic E-state index is 0.347. The molecule has 0 bridgehead atoms. The standard InChI is InChI=1S/C13H14N2O2/c1-8-5-9(6-8)15-7-14-11-4-2-3-10(12(11)15)13(16)17/h2-4,7-9H,5-6H2,1H3,(H,16,17). The highest BCUT2D eigenvalue weighted by Gasteiger charge is 2.28. The van der Waals surface area contributed by atoms with Crippen LogP contribution in [0.2, 0.25) is 0 Å². The Morgan fingerprint density at radius 2 is 2.24 bits per heavy atom. The van der Waals surface area contributed by atoms with Crippen molar-refractivity contribution in [3.05, 3.63) is 30.1 Å². The van der Waals surface area contributed by atoms with Crippen LogP contribution in [0.3, 0.4) is 0 Å². The van der Waals surface area contributed by atoms with Gasteiger partial charge in [0, 0.05) is 6.04 Å². The summed E-state index contributed by atoms with van der Waals surface area (Å²) in [5.41, 5.74) is 1.88. The number of carbonyl (C=O) groups is 1. The number of imidazole rings is 1. The Kier molecular flexibility index (Phi) is 2.18. The smallest absolute Gasteiger partial charge is 0.337 e. The van der Waals surface area contributed by atoms with Gasteiger partial charge in [0.15, 0.2) is 0 Å². The Bertz CT molecular complexity index is 582. The van der Waals surface area contributed by atoms with Gasteiger partial charge >= 0.3 is 5.97 Å². The van der Waals surface area contributed by atoms with Gasteiger partial charge in [-0.05, 0) is 30.9 Å². The van der Waals surface area contributed by atoms with Crippen LogP contribution in [-0.4, -0.2) is 20.6 Å². The monoisotopic (exact) mass is 230 g/mol. The van der Waals surface area contributed by atoms with Gasteiger partial charge in [0.2, 0.25) is 0 Å². The zero-order valence-electron chi connectivity index (χ0n) is 9.63. The summed E-state index contributed by atoms with van der Waals surface area (Å²) in [6.07, 6.45) is 3.99. The van der Waals surface area contributed by atoms with Gasteiger partial charge in [0.05, 0.1) is 22.9 Å². The molecule has 1 aromatic heterocycles. The quantitative estimate of drug-likeness (QED) is 0.863. The average Bonchev–Trinajstić information content (AvgIpc) is 2.67. The van der Waals surface area contributed by atoms with Gasteiger partial charge in [0.1, 0.15) is 0 Å². The van der Waals surface area contributed by atoms with Crippen LogP contribution in [0.25, 0.3) is 11.0 Å². The number of nitrogens with zero attached hydrogens (tertiary/aromatic N) is 2. The Hall–Kier alpha value is -1.84. The van der Waals surface area contributed by atoms with Crippen molar-refractivity contribution in [2.24, 2.45) is 5.92 Å². The van der Waals surface area contributed by atoms with Crippen molar-refractivity contribution in [3.63, 3.8) is 0 Å². The van der Waals surface area contributed by atoms with Crippen molar-refractivity contribution in [3.8, 4) is 0 Å². The molecule has 1 aliphatic rings. The topological polar surface area (TPSA) is 55.1 Å². The molecule has 0 saturated heterocycles. The van der Waals surface area contributed by atoms with Crippen molar-refractivity contribution in [1.82, 2.24) is 9.55 Å². The third-order valence-electron chi connectivity index (χ3n) is 3.57. The van der Waals surface area contributed by atoms with Gasteiger partial charge in [0.25, 0.3) is 0 Å². The minimum Gasteiger partial charge on any atom is -0.478 e. The molecular formula is C13H14N2O2. The first-order chi connectivity index (χ1) is 8.16. The van der Waals surface area contributed by atoms with Gasteiger partial charge in [-0.3, -0.25) is 0 Å². The number of carboxylic acid groups (broad SMARTS) is 1. The fourth-order valence-electron chi connectivity index (χ4n) is 2.63. The number of para-hydroxylation sites is 1. The molecule has 0 atom stereocenters. The fourth-order valence-corrected chi connectivity index (χ4v) is 2.63. The molecule has 1 fully saturated rings. The van der Waals surface area contributed by atoms with Gasteiger partial charge in [-0.15, -0.1) is 0 Å². The molecule has 0 amide bonds. The highest BCUT2D eigenvalue weighted by Crippen LogP contribution is 2.39.